The lowest BCUT2D eigenvalue weighted by Gasteiger charge is -2.30. The van der Waals surface area contributed by atoms with Gasteiger partial charge in [-0.3, -0.25) is 4.79 Å². The Kier molecular flexibility index (Phi) is 3.84. The van der Waals surface area contributed by atoms with Crippen molar-refractivity contribution in [3.8, 4) is 0 Å². The van der Waals surface area contributed by atoms with Gasteiger partial charge in [0.2, 0.25) is 5.91 Å². The van der Waals surface area contributed by atoms with Gasteiger partial charge in [0.1, 0.15) is 0 Å². The fraction of sp³-hybridized carbons (Fsp3) is 0.615. The summed E-state index contributed by atoms with van der Waals surface area (Å²) in [4.78, 5) is 12.4. The van der Waals surface area contributed by atoms with E-state index >= 15 is 0 Å². The summed E-state index contributed by atoms with van der Waals surface area (Å²) in [6.07, 6.45) is 5.96. The number of hydrogen-bond acceptors (Lipinski definition) is 3. The number of carbonyl (C=O) groups is 1. The molecule has 0 radical (unpaired) electrons. The first-order chi connectivity index (χ1) is 8.11. The molecule has 1 aliphatic rings. The molecular formula is C13H20N2OS. The minimum atomic E-state index is -0.190. The van der Waals surface area contributed by atoms with Gasteiger partial charge in [-0.15, -0.1) is 11.3 Å². The molecule has 1 fully saturated rings. The van der Waals surface area contributed by atoms with Gasteiger partial charge in [0.15, 0.2) is 0 Å². The number of hydrogen-bond donors (Lipinski definition) is 2. The minimum absolute atomic E-state index is 0.0486. The van der Waals surface area contributed by atoms with Gasteiger partial charge in [0.05, 0.1) is 0 Å². The lowest BCUT2D eigenvalue weighted by atomic mass is 9.77. The quantitative estimate of drug-likeness (QED) is 0.845. The van der Waals surface area contributed by atoms with E-state index in [-0.39, 0.29) is 17.4 Å². The van der Waals surface area contributed by atoms with Crippen LogP contribution in [-0.2, 0) is 4.79 Å². The van der Waals surface area contributed by atoms with Gasteiger partial charge in [0, 0.05) is 17.3 Å². The van der Waals surface area contributed by atoms with Crippen molar-refractivity contribution in [1.82, 2.24) is 0 Å². The summed E-state index contributed by atoms with van der Waals surface area (Å²) in [6, 6.07) is 4.14. The van der Waals surface area contributed by atoms with Gasteiger partial charge in [-0.1, -0.05) is 18.9 Å². The number of carbonyl (C=O) groups excluding carboxylic acids is 1. The van der Waals surface area contributed by atoms with Gasteiger partial charge in [-0.2, -0.15) is 0 Å². The second-order valence-electron chi connectivity index (χ2n) is 5.18. The zero-order chi connectivity index (χ0) is 12.3. The van der Waals surface area contributed by atoms with Crippen molar-refractivity contribution < 1.29 is 4.79 Å². The first kappa shape index (κ1) is 12.6. The molecule has 1 aliphatic carbocycles. The van der Waals surface area contributed by atoms with Crippen LogP contribution in [0.2, 0.25) is 0 Å². The summed E-state index contributed by atoms with van der Waals surface area (Å²) >= 11 is 1.69. The van der Waals surface area contributed by atoms with Crippen molar-refractivity contribution in [2.75, 3.05) is 0 Å². The molecule has 0 saturated heterocycles. The van der Waals surface area contributed by atoms with Crippen LogP contribution in [0, 0.1) is 5.41 Å². The summed E-state index contributed by atoms with van der Waals surface area (Å²) in [5.74, 6) is -0.190. The average molecular weight is 252 g/mol. The lowest BCUT2D eigenvalue weighted by Crippen LogP contribution is -2.29. The maximum Gasteiger partial charge on any atom is 0.217 e. The summed E-state index contributed by atoms with van der Waals surface area (Å²) in [6.45, 7) is 0. The van der Waals surface area contributed by atoms with Crippen molar-refractivity contribution in [2.45, 2.75) is 44.6 Å². The summed E-state index contributed by atoms with van der Waals surface area (Å²) in [5, 5.41) is 2.05. The topological polar surface area (TPSA) is 69.1 Å². The van der Waals surface area contributed by atoms with E-state index in [0.29, 0.717) is 6.42 Å². The average Bonchev–Trinajstić information content (AvgIpc) is 2.86. The highest BCUT2D eigenvalue weighted by molar-refractivity contribution is 7.10. The maximum atomic E-state index is 11.2. The minimum Gasteiger partial charge on any atom is -0.370 e. The van der Waals surface area contributed by atoms with Gasteiger partial charge in [0.25, 0.3) is 0 Å². The molecule has 1 saturated carbocycles. The largest absolute Gasteiger partial charge is 0.370 e. The molecule has 4 heteroatoms. The van der Waals surface area contributed by atoms with Crippen molar-refractivity contribution in [3.63, 3.8) is 0 Å². The Labute approximate surface area is 106 Å². The molecule has 1 amide bonds. The summed E-state index contributed by atoms with van der Waals surface area (Å²) in [7, 11) is 0. The highest BCUT2D eigenvalue weighted by Crippen LogP contribution is 2.46. The molecule has 1 heterocycles. The molecule has 0 bridgehead atoms. The Hall–Kier alpha value is -0.870. The molecule has 3 nitrogen and oxygen atoms in total. The van der Waals surface area contributed by atoms with Crippen molar-refractivity contribution in [1.29, 1.82) is 0 Å². The van der Waals surface area contributed by atoms with Crippen LogP contribution in [0.5, 0.6) is 0 Å². The van der Waals surface area contributed by atoms with Gasteiger partial charge >= 0.3 is 0 Å². The van der Waals surface area contributed by atoms with E-state index in [0.717, 1.165) is 19.3 Å². The van der Waals surface area contributed by atoms with Gasteiger partial charge in [-0.25, -0.2) is 0 Å². The smallest absolute Gasteiger partial charge is 0.217 e. The Morgan fingerprint density at radius 3 is 2.71 bits per heavy atom. The van der Waals surface area contributed by atoms with Crippen LogP contribution in [0.1, 0.15) is 49.4 Å². The predicted molar refractivity (Wildman–Crippen MR) is 70.6 cm³/mol. The maximum absolute atomic E-state index is 11.2. The zero-order valence-electron chi connectivity index (χ0n) is 10.0. The number of amides is 1. The van der Waals surface area contributed by atoms with Crippen LogP contribution in [-0.4, -0.2) is 5.91 Å². The zero-order valence-corrected chi connectivity index (χ0v) is 10.8. The third-order valence-corrected chi connectivity index (χ3v) is 4.78. The van der Waals surface area contributed by atoms with Crippen molar-refractivity contribution in [3.05, 3.63) is 22.4 Å². The highest BCUT2D eigenvalue weighted by atomic mass is 32.1. The van der Waals surface area contributed by atoms with Gasteiger partial charge < -0.3 is 11.5 Å². The number of thiophene rings is 1. The molecule has 1 aromatic rings. The molecule has 1 aromatic heterocycles. The highest BCUT2D eigenvalue weighted by Gasteiger charge is 2.37. The third-order valence-electron chi connectivity index (χ3n) is 3.78. The fourth-order valence-corrected chi connectivity index (χ4v) is 3.75. The molecule has 4 N–H and O–H groups in total. The van der Waals surface area contributed by atoms with Crippen LogP contribution in [0.25, 0.3) is 0 Å². The molecule has 94 valence electrons. The second-order valence-corrected chi connectivity index (χ2v) is 6.16. The van der Waals surface area contributed by atoms with E-state index in [1.165, 1.54) is 17.7 Å². The Balaban J connectivity index is 2.05. The molecule has 0 spiro atoms. The molecule has 0 aliphatic heterocycles. The van der Waals surface area contributed by atoms with Crippen molar-refractivity contribution >= 4 is 17.2 Å². The van der Waals surface area contributed by atoms with E-state index in [1.54, 1.807) is 11.3 Å². The van der Waals surface area contributed by atoms with E-state index in [1.807, 2.05) is 11.4 Å². The molecular weight excluding hydrogens is 232 g/mol. The van der Waals surface area contributed by atoms with Crippen LogP contribution < -0.4 is 11.5 Å². The van der Waals surface area contributed by atoms with E-state index < -0.39 is 0 Å². The number of rotatable bonds is 5. The Morgan fingerprint density at radius 2 is 2.18 bits per heavy atom. The first-order valence-electron chi connectivity index (χ1n) is 6.19. The number of nitrogens with two attached hydrogens (primary N) is 2. The van der Waals surface area contributed by atoms with Crippen LogP contribution in [0.3, 0.4) is 0 Å². The van der Waals surface area contributed by atoms with Crippen LogP contribution in [0.15, 0.2) is 17.5 Å². The van der Waals surface area contributed by atoms with E-state index in [4.69, 9.17) is 11.5 Å². The molecule has 1 unspecified atom stereocenters. The van der Waals surface area contributed by atoms with E-state index in [2.05, 4.69) is 6.07 Å². The number of primary amides is 1. The van der Waals surface area contributed by atoms with Crippen molar-refractivity contribution in [2.24, 2.45) is 16.9 Å². The Morgan fingerprint density at radius 1 is 1.47 bits per heavy atom. The standard InChI is InChI=1S/C13H20N2OS/c14-10(11-4-3-7-17-11)8-13(9-12(15)16)5-1-2-6-13/h3-4,7,10H,1-2,5-6,8-9,14H2,(H2,15,16). The fourth-order valence-electron chi connectivity index (χ4n) is 3.02. The monoisotopic (exact) mass is 252 g/mol. The normalized spacial score (nSPS) is 20.3. The third kappa shape index (κ3) is 3.07. The molecule has 2 rings (SSSR count). The van der Waals surface area contributed by atoms with E-state index in [9.17, 15) is 4.79 Å². The van der Waals surface area contributed by atoms with Gasteiger partial charge in [-0.05, 0) is 36.1 Å². The Bertz CT molecular complexity index is 369. The summed E-state index contributed by atoms with van der Waals surface area (Å²) in [5.41, 5.74) is 11.7. The first-order valence-corrected chi connectivity index (χ1v) is 7.07. The summed E-state index contributed by atoms with van der Waals surface area (Å²) < 4.78 is 0. The molecule has 17 heavy (non-hydrogen) atoms. The van der Waals surface area contributed by atoms with Crippen LogP contribution in [0.4, 0.5) is 0 Å². The van der Waals surface area contributed by atoms with Crippen LogP contribution >= 0.6 is 11.3 Å². The lowest BCUT2D eigenvalue weighted by molar-refractivity contribution is -0.120. The second kappa shape index (κ2) is 5.19. The predicted octanol–water partition coefficient (Wildman–Crippen LogP) is 2.57. The molecule has 0 aromatic carbocycles. The molecule has 1 atom stereocenters. The SMILES string of the molecule is NC(=O)CC1(CC(N)c2cccs2)CCCC1.